The van der Waals surface area contributed by atoms with Gasteiger partial charge in [0.1, 0.15) is 6.10 Å². The molecule has 31 heavy (non-hydrogen) atoms. The topological polar surface area (TPSA) is 102 Å². The Morgan fingerprint density at radius 1 is 0.935 bits per heavy atom. The van der Waals surface area contributed by atoms with Crippen molar-refractivity contribution >= 4 is 13.8 Å². The molecule has 8 heteroatoms. The average Bonchev–Trinajstić information content (AvgIpc) is 2.71. The molecule has 0 unspecified atom stereocenters. The highest BCUT2D eigenvalue weighted by molar-refractivity contribution is 7.46. The highest BCUT2D eigenvalue weighted by Crippen LogP contribution is 2.40. The first-order chi connectivity index (χ1) is 14.9. The predicted octanol–water partition coefficient (Wildman–Crippen LogP) is 5.83. The molecule has 1 saturated heterocycles. The molecular weight excluding hydrogens is 419 g/mol. The molecule has 1 aliphatic rings. The summed E-state index contributed by atoms with van der Waals surface area (Å²) in [6, 6.07) is 0. The molecule has 1 heterocycles. The Kier molecular flexibility index (Phi) is 16.2. The molecule has 0 spiro atoms. The molecule has 1 fully saturated rings. The highest BCUT2D eigenvalue weighted by atomic mass is 31.2. The van der Waals surface area contributed by atoms with E-state index in [0.717, 1.165) is 32.1 Å². The Bertz CT molecular complexity index is 532. The molecule has 2 atom stereocenters. The summed E-state index contributed by atoms with van der Waals surface area (Å²) in [4.78, 5) is 30.0. The molecular formula is C23H43O7P. The third-order valence-electron chi connectivity index (χ3n) is 5.44. The second-order valence-corrected chi connectivity index (χ2v) is 9.55. The zero-order valence-corrected chi connectivity index (χ0v) is 20.1. The van der Waals surface area contributed by atoms with Gasteiger partial charge in [-0.1, -0.05) is 70.4 Å². The molecule has 0 aromatic heterocycles. The molecule has 1 rings (SSSR count). The van der Waals surface area contributed by atoms with Crippen molar-refractivity contribution in [3.63, 3.8) is 0 Å². The number of esters is 1. The van der Waals surface area contributed by atoms with Crippen LogP contribution in [0.15, 0.2) is 12.2 Å². The fourth-order valence-corrected chi connectivity index (χ4v) is 4.26. The van der Waals surface area contributed by atoms with Crippen molar-refractivity contribution < 1.29 is 33.1 Å². The summed E-state index contributed by atoms with van der Waals surface area (Å²) < 4.78 is 26.3. The van der Waals surface area contributed by atoms with E-state index < -0.39 is 20.0 Å². The van der Waals surface area contributed by atoms with Crippen LogP contribution >= 0.6 is 7.82 Å². The van der Waals surface area contributed by atoms with Crippen LogP contribution in [0.4, 0.5) is 0 Å². The highest BCUT2D eigenvalue weighted by Gasteiger charge is 2.34. The summed E-state index contributed by atoms with van der Waals surface area (Å²) in [6.07, 6.45) is 19.1. The van der Waals surface area contributed by atoms with Gasteiger partial charge in [0.2, 0.25) is 0 Å². The Balaban J connectivity index is 1.98. The standard InChI is InChI=1S/C23H43O7P/c1-2-3-4-5-6-7-8-9-10-11-12-13-14-15-16-17-23(24)29-22-20-28-19-18-21(22)30-31(25,26)27/h9-10,21-22H,2-8,11-20H2,1H3,(H2,25,26,27)/b10-9+/t21-,22+/m1/s1. The lowest BCUT2D eigenvalue weighted by molar-refractivity contribution is -0.166. The zero-order valence-electron chi connectivity index (χ0n) is 19.2. The van der Waals surface area contributed by atoms with E-state index in [4.69, 9.17) is 23.8 Å². The van der Waals surface area contributed by atoms with E-state index in [2.05, 4.69) is 19.1 Å². The minimum Gasteiger partial charge on any atom is -0.457 e. The predicted molar refractivity (Wildman–Crippen MR) is 122 cm³/mol. The van der Waals surface area contributed by atoms with Gasteiger partial charge in [0, 0.05) is 19.4 Å². The Hall–Kier alpha value is -0.720. The van der Waals surface area contributed by atoms with E-state index in [9.17, 15) is 9.36 Å². The first-order valence-electron chi connectivity index (χ1n) is 12.1. The number of carbonyl (C=O) groups excluding carboxylic acids is 1. The van der Waals surface area contributed by atoms with E-state index in [1.807, 2.05) is 0 Å². The maximum atomic E-state index is 12.0. The van der Waals surface area contributed by atoms with Gasteiger partial charge in [-0.05, 0) is 32.1 Å². The van der Waals surface area contributed by atoms with Gasteiger partial charge in [-0.3, -0.25) is 9.32 Å². The van der Waals surface area contributed by atoms with Gasteiger partial charge >= 0.3 is 13.8 Å². The van der Waals surface area contributed by atoms with E-state index in [0.29, 0.717) is 13.0 Å². The van der Waals surface area contributed by atoms with Crippen LogP contribution in [0.3, 0.4) is 0 Å². The largest absolute Gasteiger partial charge is 0.469 e. The first-order valence-corrected chi connectivity index (χ1v) is 13.6. The van der Waals surface area contributed by atoms with Crippen molar-refractivity contribution in [2.45, 2.75) is 115 Å². The maximum absolute atomic E-state index is 12.0. The smallest absolute Gasteiger partial charge is 0.457 e. The molecule has 7 nitrogen and oxygen atoms in total. The minimum atomic E-state index is -4.62. The molecule has 0 aromatic rings. The summed E-state index contributed by atoms with van der Waals surface area (Å²) in [5.41, 5.74) is 0. The number of unbranched alkanes of at least 4 members (excludes halogenated alkanes) is 11. The van der Waals surface area contributed by atoms with Crippen LogP contribution in [0.1, 0.15) is 103 Å². The van der Waals surface area contributed by atoms with Gasteiger partial charge in [-0.2, -0.15) is 0 Å². The number of phosphoric acid groups is 1. The fourth-order valence-electron chi connectivity index (χ4n) is 3.67. The van der Waals surface area contributed by atoms with Crippen LogP contribution in [0.2, 0.25) is 0 Å². The van der Waals surface area contributed by atoms with Crippen LogP contribution in [-0.4, -0.2) is 41.2 Å². The van der Waals surface area contributed by atoms with Crippen molar-refractivity contribution in [1.29, 1.82) is 0 Å². The number of ether oxygens (including phenoxy) is 2. The molecule has 1 aliphatic heterocycles. The molecule has 0 bridgehead atoms. The molecule has 2 N–H and O–H groups in total. The lowest BCUT2D eigenvalue weighted by Gasteiger charge is -2.30. The summed E-state index contributed by atoms with van der Waals surface area (Å²) >= 11 is 0. The first kappa shape index (κ1) is 28.3. The Morgan fingerprint density at radius 2 is 1.52 bits per heavy atom. The fraction of sp³-hybridized carbons (Fsp3) is 0.870. The number of allylic oxidation sites excluding steroid dienone is 2. The molecule has 0 aromatic carbocycles. The summed E-state index contributed by atoms with van der Waals surface area (Å²) in [6.45, 7) is 2.67. The van der Waals surface area contributed by atoms with Gasteiger partial charge in [-0.15, -0.1) is 0 Å². The third-order valence-corrected chi connectivity index (χ3v) is 5.99. The number of rotatable bonds is 18. The van der Waals surface area contributed by atoms with Crippen LogP contribution in [0.25, 0.3) is 0 Å². The van der Waals surface area contributed by atoms with E-state index in [1.165, 1.54) is 51.4 Å². The third kappa shape index (κ3) is 16.6. The monoisotopic (exact) mass is 462 g/mol. The SMILES string of the molecule is CCCCCCCC/C=C/CCCCCCCC(=O)O[C@H]1COCC[C@H]1OP(=O)(O)O. The second-order valence-electron chi connectivity index (χ2n) is 8.36. The lowest BCUT2D eigenvalue weighted by atomic mass is 10.1. The van der Waals surface area contributed by atoms with Gasteiger partial charge in [-0.25, -0.2) is 4.57 Å². The molecule has 0 radical (unpaired) electrons. The Labute approximate surface area is 188 Å². The van der Waals surface area contributed by atoms with Crippen molar-refractivity contribution in [3.8, 4) is 0 Å². The number of phosphoric ester groups is 1. The van der Waals surface area contributed by atoms with Crippen molar-refractivity contribution in [2.75, 3.05) is 13.2 Å². The van der Waals surface area contributed by atoms with Gasteiger partial charge in [0.05, 0.1) is 6.61 Å². The van der Waals surface area contributed by atoms with E-state index in [1.54, 1.807) is 0 Å². The Morgan fingerprint density at radius 3 is 2.13 bits per heavy atom. The quantitative estimate of drug-likeness (QED) is 0.114. The van der Waals surface area contributed by atoms with Crippen molar-refractivity contribution in [1.82, 2.24) is 0 Å². The maximum Gasteiger partial charge on any atom is 0.469 e. The second kappa shape index (κ2) is 17.8. The number of carbonyl (C=O) groups is 1. The zero-order chi connectivity index (χ0) is 22.8. The summed E-state index contributed by atoms with van der Waals surface area (Å²) in [7, 11) is -4.62. The van der Waals surface area contributed by atoms with E-state index in [-0.39, 0.29) is 19.0 Å². The molecule has 0 aliphatic carbocycles. The van der Waals surface area contributed by atoms with Crippen LogP contribution in [0.5, 0.6) is 0 Å². The van der Waals surface area contributed by atoms with Crippen molar-refractivity contribution in [2.24, 2.45) is 0 Å². The van der Waals surface area contributed by atoms with Crippen LogP contribution < -0.4 is 0 Å². The molecule has 0 amide bonds. The molecule has 0 saturated carbocycles. The molecule has 182 valence electrons. The van der Waals surface area contributed by atoms with Gasteiger partial charge in [0.15, 0.2) is 6.10 Å². The van der Waals surface area contributed by atoms with E-state index >= 15 is 0 Å². The minimum absolute atomic E-state index is 0.1000. The van der Waals surface area contributed by atoms with Crippen LogP contribution in [0, 0.1) is 0 Å². The van der Waals surface area contributed by atoms with Crippen LogP contribution in [-0.2, 0) is 23.4 Å². The summed E-state index contributed by atoms with van der Waals surface area (Å²) in [5, 5.41) is 0. The number of hydrogen-bond acceptors (Lipinski definition) is 5. The normalized spacial score (nSPS) is 19.7. The van der Waals surface area contributed by atoms with Gasteiger partial charge < -0.3 is 19.3 Å². The summed E-state index contributed by atoms with van der Waals surface area (Å²) in [5.74, 6) is -0.368. The van der Waals surface area contributed by atoms with Gasteiger partial charge in [0.25, 0.3) is 0 Å². The average molecular weight is 463 g/mol. The number of hydrogen-bond donors (Lipinski definition) is 2. The van der Waals surface area contributed by atoms with Crippen molar-refractivity contribution in [3.05, 3.63) is 12.2 Å². The lowest BCUT2D eigenvalue weighted by Crippen LogP contribution is -2.41.